The van der Waals surface area contributed by atoms with Crippen LogP contribution in [0.3, 0.4) is 0 Å². The smallest absolute Gasteiger partial charge is 0.416 e. The van der Waals surface area contributed by atoms with Crippen molar-refractivity contribution in [2.75, 3.05) is 6.54 Å². The van der Waals surface area contributed by atoms with Gasteiger partial charge in [0.2, 0.25) is 11.8 Å². The summed E-state index contributed by atoms with van der Waals surface area (Å²) in [7, 11) is 0. The summed E-state index contributed by atoms with van der Waals surface area (Å²) < 4.78 is 53.0. The Kier molecular flexibility index (Phi) is 7.32. The van der Waals surface area contributed by atoms with Crippen LogP contribution in [0.15, 0.2) is 18.2 Å². The number of carbonyl (C=O) groups excluding carboxylic acids is 3. The number of carbonyl (C=O) groups is 3. The number of hydrogen-bond acceptors (Lipinski definition) is 7. The second-order valence-corrected chi connectivity index (χ2v) is 15.2. The molecule has 46 heavy (non-hydrogen) atoms. The van der Waals surface area contributed by atoms with E-state index in [1.807, 2.05) is 27.7 Å². The van der Waals surface area contributed by atoms with Gasteiger partial charge in [-0.1, -0.05) is 34.1 Å². The number of alkyl halides is 3. The van der Waals surface area contributed by atoms with Gasteiger partial charge in [0, 0.05) is 17.3 Å². The minimum Gasteiger partial charge on any atom is -0.471 e. The van der Waals surface area contributed by atoms with Crippen LogP contribution in [0.25, 0.3) is 11.0 Å². The van der Waals surface area contributed by atoms with Crippen LogP contribution in [0.2, 0.25) is 0 Å². The molecule has 1 aromatic carbocycles. The van der Waals surface area contributed by atoms with Crippen LogP contribution in [0.1, 0.15) is 83.9 Å². The van der Waals surface area contributed by atoms with E-state index in [0.29, 0.717) is 23.5 Å². The van der Waals surface area contributed by atoms with Gasteiger partial charge in [0.15, 0.2) is 5.78 Å². The van der Waals surface area contributed by atoms with E-state index in [0.717, 1.165) is 57.1 Å². The SMILES string of the molecule is C[C@@H]1[C@@H]2CN(C(=O)[C@H](C(C)(C)C)NC(=O)O[C@@H]3CC34C[C@H]4CCCCc3nc4ccc(C(F)(F)F)cc4nc3O2)[C@@H]1C(=O)C1CC1. The molecule has 9 nitrogen and oxygen atoms in total. The number of ether oxygens (including phenoxy) is 2. The van der Waals surface area contributed by atoms with Crippen LogP contribution in [-0.4, -0.2) is 63.5 Å². The fourth-order valence-corrected chi connectivity index (χ4v) is 7.66. The van der Waals surface area contributed by atoms with E-state index in [1.165, 1.54) is 11.0 Å². The lowest BCUT2D eigenvalue weighted by Gasteiger charge is -2.35. The summed E-state index contributed by atoms with van der Waals surface area (Å²) in [5.74, 6) is -0.402. The fraction of sp³-hybridized carbons (Fsp3) is 0.676. The molecule has 1 N–H and O–H groups in total. The van der Waals surface area contributed by atoms with Gasteiger partial charge in [0.1, 0.15) is 23.9 Å². The van der Waals surface area contributed by atoms with Gasteiger partial charge in [0.05, 0.1) is 29.2 Å². The summed E-state index contributed by atoms with van der Waals surface area (Å²) in [4.78, 5) is 51.9. The van der Waals surface area contributed by atoms with Crippen molar-refractivity contribution in [3.63, 3.8) is 0 Å². The second kappa shape index (κ2) is 10.8. The van der Waals surface area contributed by atoms with E-state index in [1.54, 1.807) is 0 Å². The third kappa shape index (κ3) is 5.70. The summed E-state index contributed by atoms with van der Waals surface area (Å²) in [6.45, 7) is 7.48. The van der Waals surface area contributed by atoms with Crippen LogP contribution in [-0.2, 0) is 26.9 Å². The zero-order valence-electron chi connectivity index (χ0n) is 26.7. The predicted octanol–water partition coefficient (Wildman–Crippen LogP) is 5.87. The van der Waals surface area contributed by atoms with Gasteiger partial charge in [-0.15, -0.1) is 0 Å². The largest absolute Gasteiger partial charge is 0.471 e. The van der Waals surface area contributed by atoms with Gasteiger partial charge in [-0.25, -0.2) is 14.8 Å². The minimum absolute atomic E-state index is 0.0244. The molecular formula is C34H41F3N4O5. The predicted molar refractivity (Wildman–Crippen MR) is 161 cm³/mol. The first-order valence-electron chi connectivity index (χ1n) is 16.5. The lowest BCUT2D eigenvalue weighted by Crippen LogP contribution is -2.57. The Labute approximate surface area is 266 Å². The average molecular weight is 643 g/mol. The van der Waals surface area contributed by atoms with Crippen molar-refractivity contribution in [3.05, 3.63) is 29.5 Å². The fourth-order valence-electron chi connectivity index (χ4n) is 7.66. The maximum atomic E-state index is 14.3. The molecule has 1 unspecified atom stereocenters. The van der Waals surface area contributed by atoms with E-state index in [9.17, 15) is 27.6 Å². The highest BCUT2D eigenvalue weighted by Crippen LogP contribution is 2.73. The number of aromatic nitrogens is 2. The average Bonchev–Trinajstić information content (AvgIpc) is 3.91. The number of aryl methyl sites for hydroxylation is 1. The molecule has 7 atom stereocenters. The van der Waals surface area contributed by atoms with Gasteiger partial charge >= 0.3 is 12.3 Å². The zero-order chi connectivity index (χ0) is 32.8. The Hall–Kier alpha value is -3.44. The lowest BCUT2D eigenvalue weighted by atomic mass is 9.85. The minimum atomic E-state index is -4.54. The molecule has 4 fully saturated rings. The van der Waals surface area contributed by atoms with Crippen molar-refractivity contribution in [1.29, 1.82) is 0 Å². The number of nitrogens with zero attached hydrogens (tertiary/aromatic N) is 3. The van der Waals surface area contributed by atoms with E-state index in [4.69, 9.17) is 14.5 Å². The lowest BCUT2D eigenvalue weighted by molar-refractivity contribution is -0.142. The molecule has 5 aliphatic rings. The molecule has 2 amide bonds. The molecule has 1 saturated heterocycles. The molecule has 2 bridgehead atoms. The van der Waals surface area contributed by atoms with Gasteiger partial charge in [0.25, 0.3) is 0 Å². The molecule has 12 heteroatoms. The summed E-state index contributed by atoms with van der Waals surface area (Å²) in [6, 6.07) is 1.58. The van der Waals surface area contributed by atoms with Crippen molar-refractivity contribution in [2.24, 2.45) is 28.6 Å². The Balaban J connectivity index is 1.26. The zero-order valence-corrected chi connectivity index (χ0v) is 26.7. The summed E-state index contributed by atoms with van der Waals surface area (Å²) in [5.41, 5.74) is -0.534. The van der Waals surface area contributed by atoms with Crippen LogP contribution in [0, 0.1) is 28.6 Å². The molecule has 2 aromatic rings. The Morgan fingerprint density at radius 1 is 1.02 bits per heavy atom. The summed E-state index contributed by atoms with van der Waals surface area (Å²) in [6.07, 6.45) is 0.495. The number of alkyl carbamates (subject to hydrolysis) is 1. The van der Waals surface area contributed by atoms with Crippen molar-refractivity contribution in [3.8, 4) is 5.88 Å². The molecular weight excluding hydrogens is 601 g/mol. The third-order valence-electron chi connectivity index (χ3n) is 10.8. The van der Waals surface area contributed by atoms with Gasteiger partial charge in [-0.2, -0.15) is 13.2 Å². The Morgan fingerprint density at radius 2 is 1.78 bits per heavy atom. The molecule has 248 valence electrons. The first-order chi connectivity index (χ1) is 21.7. The van der Waals surface area contributed by atoms with Crippen LogP contribution < -0.4 is 10.1 Å². The van der Waals surface area contributed by atoms with E-state index >= 15 is 0 Å². The highest BCUT2D eigenvalue weighted by molar-refractivity contribution is 5.95. The topological polar surface area (TPSA) is 111 Å². The number of benzene rings is 1. The highest BCUT2D eigenvalue weighted by atomic mass is 19.4. The van der Waals surface area contributed by atoms with Crippen molar-refractivity contribution in [1.82, 2.24) is 20.2 Å². The Morgan fingerprint density at radius 3 is 2.48 bits per heavy atom. The summed E-state index contributed by atoms with van der Waals surface area (Å²) in [5, 5.41) is 2.84. The third-order valence-corrected chi connectivity index (χ3v) is 10.8. The first-order valence-corrected chi connectivity index (χ1v) is 16.5. The summed E-state index contributed by atoms with van der Waals surface area (Å²) >= 11 is 0. The van der Waals surface area contributed by atoms with E-state index < -0.39 is 53.3 Å². The Bertz CT molecular complexity index is 1590. The number of halogens is 3. The molecule has 0 radical (unpaired) electrons. The second-order valence-electron chi connectivity index (χ2n) is 15.2. The molecule has 1 spiro atoms. The number of Topliss-reactive ketones (excluding diaryl/α,β-unsaturated/α-hetero) is 1. The van der Waals surface area contributed by atoms with E-state index in [2.05, 4.69) is 10.3 Å². The van der Waals surface area contributed by atoms with E-state index in [-0.39, 0.29) is 41.2 Å². The maximum Gasteiger partial charge on any atom is 0.416 e. The van der Waals surface area contributed by atoms with Crippen LogP contribution in [0.4, 0.5) is 18.0 Å². The number of fused-ring (bicyclic) bond motifs is 4. The molecule has 1 aromatic heterocycles. The quantitative estimate of drug-likeness (QED) is 0.437. The van der Waals surface area contributed by atoms with Gasteiger partial charge in [-0.05, 0) is 74.5 Å². The monoisotopic (exact) mass is 642 g/mol. The number of nitrogens with one attached hydrogen (secondary N) is 1. The number of amides is 2. The molecule has 3 heterocycles. The van der Waals surface area contributed by atoms with Gasteiger partial charge in [-0.3, -0.25) is 9.59 Å². The standard InChI is InChI=1S/C34H41F3N4O5/c1-17-24-16-41(26(17)27(42)18-9-10-18)30(43)28(32(2,3)4)40-31(44)46-25-15-33(25)14-20(33)7-5-6-8-22-29(45-24)39-23-13-19(34(35,36)37)11-12-21(23)38-22/h11-13,17-18,20,24-26,28H,5-10,14-16H2,1-4H3,(H,40,44)/t17-,20-,24+,25-,26+,28-,33?/m1/s1. The van der Waals surface area contributed by atoms with Crippen molar-refractivity contribution < 1.29 is 37.0 Å². The highest BCUT2D eigenvalue weighted by Gasteiger charge is 2.72. The number of ketones is 1. The van der Waals surface area contributed by atoms with Crippen LogP contribution >= 0.6 is 0 Å². The number of hydrogen-bond donors (Lipinski definition) is 1. The normalized spacial score (nSPS) is 33.4. The van der Waals surface area contributed by atoms with Crippen molar-refractivity contribution in [2.45, 2.75) is 110 Å². The van der Waals surface area contributed by atoms with Crippen LogP contribution in [0.5, 0.6) is 5.88 Å². The number of rotatable bonds is 2. The molecule has 3 saturated carbocycles. The molecule has 7 rings (SSSR count). The van der Waals surface area contributed by atoms with Gasteiger partial charge < -0.3 is 19.7 Å². The van der Waals surface area contributed by atoms with Crippen molar-refractivity contribution >= 4 is 28.8 Å². The molecule has 2 aliphatic heterocycles. The molecule has 3 aliphatic carbocycles. The first kappa shape index (κ1) is 31.2. The maximum absolute atomic E-state index is 14.3.